The highest BCUT2D eigenvalue weighted by molar-refractivity contribution is 6.00. The summed E-state index contributed by atoms with van der Waals surface area (Å²) in [6.45, 7) is 9.62. The zero-order valence-electron chi connectivity index (χ0n) is 20.2. The van der Waals surface area contributed by atoms with E-state index in [0.29, 0.717) is 35.3 Å². The molecule has 0 spiro atoms. The highest BCUT2D eigenvalue weighted by Crippen LogP contribution is 2.32. The van der Waals surface area contributed by atoms with Gasteiger partial charge < -0.3 is 16.0 Å². The highest BCUT2D eigenvalue weighted by atomic mass is 15.2. The topological polar surface area (TPSA) is 94.6 Å². The number of anilines is 1. The second-order valence-corrected chi connectivity index (χ2v) is 9.93. The molecule has 3 unspecified atom stereocenters. The smallest absolute Gasteiger partial charge is 0.161 e. The molecule has 0 saturated heterocycles. The third-order valence-electron chi connectivity index (χ3n) is 6.99. The average molecular weight is 437 g/mol. The van der Waals surface area contributed by atoms with Crippen LogP contribution in [0.2, 0.25) is 0 Å². The molecule has 174 valence electrons. The number of nitrogens with two attached hydrogens (primary N) is 2. The van der Waals surface area contributed by atoms with E-state index in [1.807, 2.05) is 6.21 Å². The van der Waals surface area contributed by atoms with Crippen molar-refractivity contribution in [1.82, 2.24) is 9.55 Å². The van der Waals surface area contributed by atoms with Crippen molar-refractivity contribution in [3.63, 3.8) is 0 Å². The fraction of sp³-hybridized carbons (Fsp3) is 0.654. The summed E-state index contributed by atoms with van der Waals surface area (Å²) in [6, 6.07) is 0.195. The lowest BCUT2D eigenvalue weighted by Gasteiger charge is -2.29. The number of amidine groups is 1. The normalized spacial score (nSPS) is 21.2. The minimum atomic E-state index is 0.195. The molecule has 2 aliphatic rings. The van der Waals surface area contributed by atoms with Crippen LogP contribution in [-0.2, 0) is 6.54 Å². The summed E-state index contributed by atoms with van der Waals surface area (Å²) in [6.07, 6.45) is 17.2. The molecule has 1 aromatic heterocycles. The van der Waals surface area contributed by atoms with Crippen LogP contribution in [0.25, 0.3) is 5.70 Å². The Morgan fingerprint density at radius 1 is 1.31 bits per heavy atom. The van der Waals surface area contributed by atoms with Gasteiger partial charge in [-0.05, 0) is 62.7 Å². The molecule has 0 aromatic carbocycles. The Kier molecular flexibility index (Phi) is 8.17. The Morgan fingerprint density at radius 2 is 2.06 bits per heavy atom. The van der Waals surface area contributed by atoms with E-state index in [0.717, 1.165) is 49.4 Å². The molecule has 0 amide bonds. The van der Waals surface area contributed by atoms with E-state index in [2.05, 4.69) is 44.3 Å². The van der Waals surface area contributed by atoms with Crippen LogP contribution in [0, 0.1) is 36.0 Å². The van der Waals surface area contributed by atoms with Gasteiger partial charge in [0.1, 0.15) is 17.2 Å². The van der Waals surface area contributed by atoms with Crippen molar-refractivity contribution >= 4 is 23.6 Å². The summed E-state index contributed by atoms with van der Waals surface area (Å²) in [5.41, 5.74) is 14.6. The van der Waals surface area contributed by atoms with Gasteiger partial charge >= 0.3 is 0 Å². The molecule has 1 fully saturated rings. The van der Waals surface area contributed by atoms with Gasteiger partial charge in [0.2, 0.25) is 0 Å². The van der Waals surface area contributed by atoms with Crippen LogP contribution in [0.3, 0.4) is 0 Å². The minimum Gasteiger partial charge on any atom is -0.382 e. The SMILES string of the molecule is C#CCCCC(C)Cn1c(C2=CC(C(C)C)CC=N2)nc(N)c1C(N)=NC(C)C1CCC1. The molecule has 2 heterocycles. The van der Waals surface area contributed by atoms with E-state index in [9.17, 15) is 0 Å². The molecule has 1 aromatic rings. The zero-order valence-corrected chi connectivity index (χ0v) is 20.2. The molecule has 1 aliphatic carbocycles. The third-order valence-corrected chi connectivity index (χ3v) is 6.99. The van der Waals surface area contributed by atoms with Gasteiger partial charge in [0.25, 0.3) is 0 Å². The number of allylic oxidation sites excluding steroid dienone is 1. The number of aliphatic imine (C=N–C) groups is 2. The molecule has 1 saturated carbocycles. The molecule has 3 atom stereocenters. The first kappa shape index (κ1) is 24.1. The van der Waals surface area contributed by atoms with E-state index in [4.69, 9.17) is 32.9 Å². The molecule has 0 bridgehead atoms. The minimum absolute atomic E-state index is 0.195. The molecule has 32 heavy (non-hydrogen) atoms. The maximum absolute atomic E-state index is 6.55. The lowest BCUT2D eigenvalue weighted by Crippen LogP contribution is -2.28. The summed E-state index contributed by atoms with van der Waals surface area (Å²) in [5, 5.41) is 0. The molecule has 1 aliphatic heterocycles. The summed E-state index contributed by atoms with van der Waals surface area (Å²) in [4.78, 5) is 14.3. The van der Waals surface area contributed by atoms with Gasteiger partial charge in [0.15, 0.2) is 11.6 Å². The number of nitrogen functional groups attached to an aromatic ring is 1. The molecule has 0 radical (unpaired) electrons. The summed E-state index contributed by atoms with van der Waals surface area (Å²) < 4.78 is 2.15. The van der Waals surface area contributed by atoms with Crippen LogP contribution >= 0.6 is 0 Å². The van der Waals surface area contributed by atoms with E-state index >= 15 is 0 Å². The first-order valence-electron chi connectivity index (χ1n) is 12.2. The Balaban J connectivity index is 1.97. The monoisotopic (exact) mass is 436 g/mol. The second-order valence-electron chi connectivity index (χ2n) is 9.93. The Hall–Kier alpha value is -2.55. The lowest BCUT2D eigenvalue weighted by atomic mass is 9.81. The van der Waals surface area contributed by atoms with Gasteiger partial charge in [0, 0.05) is 19.2 Å². The first-order chi connectivity index (χ1) is 15.3. The molecule has 6 heteroatoms. The lowest BCUT2D eigenvalue weighted by molar-refractivity contribution is 0.274. The van der Waals surface area contributed by atoms with E-state index in [1.54, 1.807) is 0 Å². The fourth-order valence-corrected chi connectivity index (χ4v) is 4.56. The van der Waals surface area contributed by atoms with Crippen molar-refractivity contribution in [3.8, 4) is 12.3 Å². The predicted molar refractivity (Wildman–Crippen MR) is 135 cm³/mol. The van der Waals surface area contributed by atoms with Gasteiger partial charge in [-0.2, -0.15) is 0 Å². The van der Waals surface area contributed by atoms with Crippen LogP contribution < -0.4 is 11.5 Å². The molecular weight excluding hydrogens is 396 g/mol. The fourth-order valence-electron chi connectivity index (χ4n) is 4.56. The van der Waals surface area contributed by atoms with Crippen LogP contribution in [0.5, 0.6) is 0 Å². The number of hydrogen-bond acceptors (Lipinski definition) is 4. The Bertz CT molecular complexity index is 909. The quantitative estimate of drug-likeness (QED) is 0.237. The van der Waals surface area contributed by atoms with E-state index < -0.39 is 0 Å². The van der Waals surface area contributed by atoms with Crippen LogP contribution in [0.15, 0.2) is 16.1 Å². The number of terminal acetylenes is 1. The van der Waals surface area contributed by atoms with Crippen molar-refractivity contribution in [2.45, 2.75) is 85.2 Å². The number of nitrogens with zero attached hydrogens (tertiary/aromatic N) is 4. The van der Waals surface area contributed by atoms with Gasteiger partial charge in [-0.25, -0.2) is 4.98 Å². The maximum atomic E-state index is 6.55. The predicted octanol–water partition coefficient (Wildman–Crippen LogP) is 4.89. The van der Waals surface area contributed by atoms with Gasteiger partial charge in [-0.1, -0.05) is 33.3 Å². The molecule has 3 rings (SSSR count). The summed E-state index contributed by atoms with van der Waals surface area (Å²) in [7, 11) is 0. The number of imidazole rings is 1. The molecular formula is C26H40N6. The van der Waals surface area contributed by atoms with Crippen LogP contribution in [0.1, 0.15) is 84.2 Å². The number of rotatable bonds is 10. The Morgan fingerprint density at radius 3 is 2.69 bits per heavy atom. The van der Waals surface area contributed by atoms with Crippen LogP contribution in [0.4, 0.5) is 5.82 Å². The maximum Gasteiger partial charge on any atom is 0.161 e. The largest absolute Gasteiger partial charge is 0.382 e. The number of hydrogen-bond donors (Lipinski definition) is 2. The summed E-state index contributed by atoms with van der Waals surface area (Å²) >= 11 is 0. The van der Waals surface area contributed by atoms with Crippen molar-refractivity contribution in [1.29, 1.82) is 0 Å². The van der Waals surface area contributed by atoms with E-state index in [-0.39, 0.29) is 6.04 Å². The number of aromatic nitrogens is 2. The van der Waals surface area contributed by atoms with Crippen molar-refractivity contribution in [3.05, 3.63) is 17.6 Å². The summed E-state index contributed by atoms with van der Waals surface area (Å²) in [5.74, 6) is 6.44. The van der Waals surface area contributed by atoms with Crippen LogP contribution in [-0.4, -0.2) is 27.6 Å². The van der Waals surface area contributed by atoms with Gasteiger partial charge in [0.05, 0.1) is 6.04 Å². The van der Waals surface area contributed by atoms with Gasteiger partial charge in [-0.15, -0.1) is 12.3 Å². The third kappa shape index (κ3) is 5.62. The molecule has 4 N–H and O–H groups in total. The van der Waals surface area contributed by atoms with Gasteiger partial charge in [-0.3, -0.25) is 9.98 Å². The van der Waals surface area contributed by atoms with Crippen molar-refractivity contribution in [2.75, 3.05) is 5.73 Å². The van der Waals surface area contributed by atoms with E-state index in [1.165, 1.54) is 19.3 Å². The molecule has 6 nitrogen and oxygen atoms in total. The average Bonchev–Trinajstić information content (AvgIpc) is 3.02. The van der Waals surface area contributed by atoms with Crippen molar-refractivity contribution in [2.24, 2.45) is 39.4 Å². The first-order valence-corrected chi connectivity index (χ1v) is 12.2. The standard InChI is InChI=1S/C26H40N6/c1-6-7-8-10-18(4)16-32-23(24(27)30-19(5)20-11-9-12-20)25(28)31-26(32)22-15-21(17(2)3)13-14-29-22/h1,14-15,17-21H,7-13,16,28H2,2-5H3,(H2,27,30). The zero-order chi connectivity index (χ0) is 23.3. The highest BCUT2D eigenvalue weighted by Gasteiger charge is 2.27. The van der Waals surface area contributed by atoms with Crippen molar-refractivity contribution < 1.29 is 0 Å². The Labute approximate surface area is 193 Å². The second kappa shape index (κ2) is 10.8. The number of unbranched alkanes of at least 4 members (excludes halogenated alkanes) is 1.